The van der Waals surface area contributed by atoms with E-state index in [0.717, 1.165) is 11.3 Å². The van der Waals surface area contributed by atoms with Crippen molar-refractivity contribution in [3.8, 4) is 5.75 Å². The molecular weight excluding hydrogens is 298 g/mol. The lowest BCUT2D eigenvalue weighted by Gasteiger charge is -2.20. The van der Waals surface area contributed by atoms with E-state index in [0.29, 0.717) is 5.75 Å². The summed E-state index contributed by atoms with van der Waals surface area (Å²) in [4.78, 5) is 12.3. The molecule has 128 valence electrons. The zero-order chi connectivity index (χ0) is 17.9. The van der Waals surface area contributed by atoms with Gasteiger partial charge in [-0.15, -0.1) is 0 Å². The molecule has 0 aliphatic rings. The molecule has 1 unspecified atom stereocenters. The topological polar surface area (TPSA) is 38.3 Å². The van der Waals surface area contributed by atoms with Gasteiger partial charge in [0.15, 0.2) is 6.10 Å². The lowest BCUT2D eigenvalue weighted by molar-refractivity contribution is -0.122. The molecule has 0 fully saturated rings. The Kier molecular flexibility index (Phi) is 5.33. The summed E-state index contributed by atoms with van der Waals surface area (Å²) < 4.78 is 5.77. The van der Waals surface area contributed by atoms with E-state index in [1.165, 1.54) is 11.1 Å². The molecule has 2 aromatic rings. The molecule has 1 N–H and O–H groups in total. The number of ether oxygens (including phenoxy) is 1. The zero-order valence-electron chi connectivity index (χ0n) is 15.4. The van der Waals surface area contributed by atoms with E-state index in [1.54, 1.807) is 6.92 Å². The lowest BCUT2D eigenvalue weighted by atomic mass is 9.87. The first-order valence-corrected chi connectivity index (χ1v) is 8.32. The third kappa shape index (κ3) is 4.60. The molecule has 3 nitrogen and oxygen atoms in total. The minimum absolute atomic E-state index is 0.102. The average molecular weight is 325 g/mol. The first-order valence-electron chi connectivity index (χ1n) is 8.32. The van der Waals surface area contributed by atoms with E-state index in [9.17, 15) is 4.79 Å². The van der Waals surface area contributed by atoms with Crippen LogP contribution >= 0.6 is 0 Å². The molecule has 0 saturated heterocycles. The number of anilines is 1. The van der Waals surface area contributed by atoms with Crippen molar-refractivity contribution >= 4 is 11.6 Å². The Morgan fingerprint density at radius 1 is 1.04 bits per heavy atom. The molecule has 0 saturated carbocycles. The van der Waals surface area contributed by atoms with E-state index in [2.05, 4.69) is 26.1 Å². The number of hydrogen-bond donors (Lipinski definition) is 1. The van der Waals surface area contributed by atoms with Gasteiger partial charge >= 0.3 is 0 Å². The fraction of sp³-hybridized carbons (Fsp3) is 0.381. The maximum absolute atomic E-state index is 12.3. The Morgan fingerprint density at radius 3 is 2.21 bits per heavy atom. The molecule has 0 aromatic heterocycles. The molecule has 0 heterocycles. The molecule has 0 spiro atoms. The molecule has 3 heteroatoms. The van der Waals surface area contributed by atoms with Crippen LogP contribution in [0.1, 0.15) is 44.4 Å². The van der Waals surface area contributed by atoms with Gasteiger partial charge in [0, 0.05) is 5.69 Å². The van der Waals surface area contributed by atoms with Gasteiger partial charge in [0.05, 0.1) is 0 Å². The van der Waals surface area contributed by atoms with Crippen molar-refractivity contribution in [1.29, 1.82) is 0 Å². The number of benzene rings is 2. The highest BCUT2D eigenvalue weighted by molar-refractivity contribution is 5.94. The Bertz CT molecular complexity index is 712. The number of aryl methyl sites for hydroxylation is 2. The Labute approximate surface area is 145 Å². The molecule has 2 rings (SSSR count). The third-order valence-electron chi connectivity index (χ3n) is 4.04. The van der Waals surface area contributed by atoms with Crippen LogP contribution in [-0.2, 0) is 10.2 Å². The fourth-order valence-corrected chi connectivity index (χ4v) is 2.48. The van der Waals surface area contributed by atoms with E-state index in [-0.39, 0.29) is 11.3 Å². The van der Waals surface area contributed by atoms with E-state index < -0.39 is 6.10 Å². The van der Waals surface area contributed by atoms with Gasteiger partial charge in [-0.05, 0) is 55.5 Å². The quantitative estimate of drug-likeness (QED) is 0.858. The van der Waals surface area contributed by atoms with Crippen LogP contribution in [0.15, 0.2) is 42.5 Å². The smallest absolute Gasteiger partial charge is 0.265 e. The van der Waals surface area contributed by atoms with Crippen LogP contribution in [-0.4, -0.2) is 12.0 Å². The van der Waals surface area contributed by atoms with Gasteiger partial charge in [-0.1, -0.05) is 50.6 Å². The Balaban J connectivity index is 2.01. The van der Waals surface area contributed by atoms with Crippen molar-refractivity contribution < 1.29 is 9.53 Å². The molecule has 0 aliphatic carbocycles. The number of nitrogens with one attached hydrogen (secondary N) is 1. The summed E-state index contributed by atoms with van der Waals surface area (Å²) in [6, 6.07) is 13.9. The number of amides is 1. The number of carbonyl (C=O) groups excluding carboxylic acids is 1. The van der Waals surface area contributed by atoms with Crippen LogP contribution in [0, 0.1) is 13.8 Å². The minimum Gasteiger partial charge on any atom is -0.481 e. The molecule has 0 radical (unpaired) electrons. The van der Waals surface area contributed by atoms with Gasteiger partial charge in [0.1, 0.15) is 5.75 Å². The molecule has 24 heavy (non-hydrogen) atoms. The van der Waals surface area contributed by atoms with Crippen molar-refractivity contribution in [2.45, 2.75) is 53.1 Å². The minimum atomic E-state index is -0.564. The van der Waals surface area contributed by atoms with Crippen LogP contribution < -0.4 is 10.1 Å². The predicted molar refractivity (Wildman–Crippen MR) is 99.8 cm³/mol. The van der Waals surface area contributed by atoms with Crippen molar-refractivity contribution in [2.24, 2.45) is 0 Å². The summed E-state index contributed by atoms with van der Waals surface area (Å²) in [5.41, 5.74) is 4.38. The highest BCUT2D eigenvalue weighted by Crippen LogP contribution is 2.25. The van der Waals surface area contributed by atoms with Crippen LogP contribution in [0.3, 0.4) is 0 Å². The summed E-state index contributed by atoms with van der Waals surface area (Å²) >= 11 is 0. The highest BCUT2D eigenvalue weighted by atomic mass is 16.5. The Morgan fingerprint density at radius 2 is 1.67 bits per heavy atom. The average Bonchev–Trinajstić information content (AvgIpc) is 2.49. The maximum atomic E-state index is 12.3. The summed E-state index contributed by atoms with van der Waals surface area (Å²) in [6.07, 6.45) is -0.564. The van der Waals surface area contributed by atoms with Crippen LogP contribution in [0.2, 0.25) is 0 Å². The largest absolute Gasteiger partial charge is 0.481 e. The second-order valence-electron chi connectivity index (χ2n) is 7.34. The molecule has 0 aliphatic heterocycles. The van der Waals surface area contributed by atoms with Crippen LogP contribution in [0.5, 0.6) is 5.75 Å². The van der Waals surface area contributed by atoms with Crippen LogP contribution in [0.25, 0.3) is 0 Å². The van der Waals surface area contributed by atoms with Gasteiger partial charge in [-0.3, -0.25) is 4.79 Å². The molecule has 0 bridgehead atoms. The molecule has 2 aromatic carbocycles. The highest BCUT2D eigenvalue weighted by Gasteiger charge is 2.17. The van der Waals surface area contributed by atoms with Gasteiger partial charge in [0.2, 0.25) is 0 Å². The Hall–Kier alpha value is -2.29. The molecule has 1 amide bonds. The van der Waals surface area contributed by atoms with Gasteiger partial charge in [-0.2, -0.15) is 0 Å². The van der Waals surface area contributed by atoms with Gasteiger partial charge in [0.25, 0.3) is 5.91 Å². The first-order chi connectivity index (χ1) is 11.2. The van der Waals surface area contributed by atoms with Crippen molar-refractivity contribution in [3.63, 3.8) is 0 Å². The van der Waals surface area contributed by atoms with Crippen LogP contribution in [0.4, 0.5) is 5.69 Å². The van der Waals surface area contributed by atoms with E-state index in [4.69, 9.17) is 4.74 Å². The number of hydrogen-bond acceptors (Lipinski definition) is 2. The summed E-state index contributed by atoms with van der Waals surface area (Å²) in [5.74, 6) is 0.549. The SMILES string of the molecule is Cc1ccc(NC(=O)C(C)Oc2ccc(C(C)(C)C)cc2)c(C)c1. The standard InChI is InChI=1S/C21H27NO2/c1-14-7-12-19(15(2)13-14)22-20(23)16(3)24-18-10-8-17(9-11-18)21(4,5)6/h7-13,16H,1-6H3,(H,22,23). The van der Waals surface area contributed by atoms with Gasteiger partial charge < -0.3 is 10.1 Å². The first kappa shape index (κ1) is 18.1. The van der Waals surface area contributed by atoms with Gasteiger partial charge in [-0.25, -0.2) is 0 Å². The molecule has 1 atom stereocenters. The van der Waals surface area contributed by atoms with E-state index >= 15 is 0 Å². The second-order valence-corrected chi connectivity index (χ2v) is 7.34. The number of rotatable bonds is 4. The third-order valence-corrected chi connectivity index (χ3v) is 4.04. The van der Waals surface area contributed by atoms with Crippen molar-refractivity contribution in [1.82, 2.24) is 0 Å². The maximum Gasteiger partial charge on any atom is 0.265 e. The van der Waals surface area contributed by atoms with E-state index in [1.807, 2.05) is 56.3 Å². The normalized spacial score (nSPS) is 12.6. The second kappa shape index (κ2) is 7.08. The van der Waals surface area contributed by atoms with Crippen molar-refractivity contribution in [3.05, 3.63) is 59.2 Å². The predicted octanol–water partition coefficient (Wildman–Crippen LogP) is 5.01. The number of carbonyl (C=O) groups is 1. The monoisotopic (exact) mass is 325 g/mol. The van der Waals surface area contributed by atoms with Crippen molar-refractivity contribution in [2.75, 3.05) is 5.32 Å². The summed E-state index contributed by atoms with van der Waals surface area (Å²) in [6.45, 7) is 12.3. The fourth-order valence-electron chi connectivity index (χ4n) is 2.48. The summed E-state index contributed by atoms with van der Waals surface area (Å²) in [7, 11) is 0. The lowest BCUT2D eigenvalue weighted by Crippen LogP contribution is -2.30. The zero-order valence-corrected chi connectivity index (χ0v) is 15.4. The molecular formula is C21H27NO2. The summed E-state index contributed by atoms with van der Waals surface area (Å²) in [5, 5.41) is 2.93.